The number of nitrogens with zero attached hydrogens (tertiary/aromatic N) is 1. The first-order valence-corrected chi connectivity index (χ1v) is 10.2. The molecule has 29 heavy (non-hydrogen) atoms. The zero-order valence-electron chi connectivity index (χ0n) is 17.4. The maximum atomic E-state index is 12.9. The molecule has 0 bridgehead atoms. The van der Waals surface area contributed by atoms with Crippen molar-refractivity contribution in [1.29, 1.82) is 0 Å². The maximum Gasteiger partial charge on any atom is 0.261 e. The van der Waals surface area contributed by atoms with E-state index in [1.165, 1.54) is 10.5 Å². The quantitative estimate of drug-likeness (QED) is 0.659. The number of halogens is 1. The Kier molecular flexibility index (Phi) is 8.52. The average Bonchev–Trinajstić information content (AvgIpc) is 2.71. The van der Waals surface area contributed by atoms with E-state index in [4.69, 9.17) is 16.3 Å². The maximum absolute atomic E-state index is 12.9. The number of hydrogen-bond donors (Lipinski definition) is 1. The molecule has 1 atom stereocenters. The highest BCUT2D eigenvalue weighted by atomic mass is 35.5. The fraction of sp³-hybridized carbons (Fsp3) is 0.391. The lowest BCUT2D eigenvalue weighted by Crippen LogP contribution is -2.49. The molecule has 0 saturated carbocycles. The van der Waals surface area contributed by atoms with Gasteiger partial charge in [0.1, 0.15) is 11.8 Å². The smallest absolute Gasteiger partial charge is 0.261 e. The SMILES string of the molecule is CCNC(=O)[C@H](C)N(Cc1ccc(Cl)cc1)C(=O)COc1ccc(C(C)C)cc1. The molecule has 0 fully saturated rings. The first-order chi connectivity index (χ1) is 13.8. The lowest BCUT2D eigenvalue weighted by Gasteiger charge is -2.28. The van der Waals surface area contributed by atoms with E-state index in [-0.39, 0.29) is 18.4 Å². The van der Waals surface area contributed by atoms with Gasteiger partial charge in [0, 0.05) is 18.1 Å². The summed E-state index contributed by atoms with van der Waals surface area (Å²) in [6.07, 6.45) is 0. The summed E-state index contributed by atoms with van der Waals surface area (Å²) in [5.41, 5.74) is 2.10. The number of carbonyl (C=O) groups excluding carboxylic acids is 2. The summed E-state index contributed by atoms with van der Waals surface area (Å²) in [7, 11) is 0. The summed E-state index contributed by atoms with van der Waals surface area (Å²) in [5.74, 6) is 0.598. The van der Waals surface area contributed by atoms with Gasteiger partial charge in [-0.05, 0) is 55.2 Å². The summed E-state index contributed by atoms with van der Waals surface area (Å²) in [5, 5.41) is 3.39. The molecular formula is C23H29ClN2O3. The summed E-state index contributed by atoms with van der Waals surface area (Å²) >= 11 is 5.95. The largest absolute Gasteiger partial charge is 0.484 e. The molecule has 0 aliphatic carbocycles. The van der Waals surface area contributed by atoms with Crippen molar-refractivity contribution >= 4 is 23.4 Å². The van der Waals surface area contributed by atoms with Gasteiger partial charge in [-0.1, -0.05) is 49.7 Å². The number of nitrogens with one attached hydrogen (secondary N) is 1. The van der Waals surface area contributed by atoms with E-state index in [0.717, 1.165) is 5.56 Å². The highest BCUT2D eigenvalue weighted by Gasteiger charge is 2.26. The monoisotopic (exact) mass is 416 g/mol. The van der Waals surface area contributed by atoms with Gasteiger partial charge >= 0.3 is 0 Å². The van der Waals surface area contributed by atoms with Gasteiger partial charge in [-0.3, -0.25) is 9.59 Å². The molecule has 2 aromatic carbocycles. The third-order valence-electron chi connectivity index (χ3n) is 4.69. The van der Waals surface area contributed by atoms with Crippen LogP contribution in [0.2, 0.25) is 5.02 Å². The van der Waals surface area contributed by atoms with E-state index in [1.807, 2.05) is 43.3 Å². The molecule has 6 heteroatoms. The minimum absolute atomic E-state index is 0.141. The van der Waals surface area contributed by atoms with Crippen LogP contribution in [0.1, 0.15) is 44.7 Å². The number of benzene rings is 2. The van der Waals surface area contributed by atoms with Crippen LogP contribution in [-0.2, 0) is 16.1 Å². The van der Waals surface area contributed by atoms with Gasteiger partial charge < -0.3 is 15.0 Å². The van der Waals surface area contributed by atoms with Crippen LogP contribution in [0.25, 0.3) is 0 Å². The van der Waals surface area contributed by atoms with Crippen molar-refractivity contribution in [1.82, 2.24) is 10.2 Å². The molecule has 0 heterocycles. The zero-order valence-corrected chi connectivity index (χ0v) is 18.2. The second kappa shape index (κ2) is 10.9. The fourth-order valence-corrected chi connectivity index (χ4v) is 2.99. The van der Waals surface area contributed by atoms with Crippen LogP contribution in [0, 0.1) is 0 Å². The van der Waals surface area contributed by atoms with E-state index in [2.05, 4.69) is 19.2 Å². The molecule has 0 aliphatic rings. The number of carbonyl (C=O) groups is 2. The van der Waals surface area contributed by atoms with Crippen LogP contribution in [-0.4, -0.2) is 35.9 Å². The molecule has 5 nitrogen and oxygen atoms in total. The number of ether oxygens (including phenoxy) is 1. The van der Waals surface area contributed by atoms with Gasteiger partial charge in [0.05, 0.1) is 0 Å². The number of hydrogen-bond acceptors (Lipinski definition) is 3. The van der Waals surface area contributed by atoms with Crippen molar-refractivity contribution in [2.24, 2.45) is 0 Å². The Hall–Kier alpha value is -2.53. The third-order valence-corrected chi connectivity index (χ3v) is 4.95. The summed E-state index contributed by atoms with van der Waals surface area (Å²) in [6.45, 7) is 8.47. The van der Waals surface area contributed by atoms with Gasteiger partial charge in [-0.2, -0.15) is 0 Å². The van der Waals surface area contributed by atoms with Gasteiger partial charge in [0.25, 0.3) is 5.91 Å². The highest BCUT2D eigenvalue weighted by Crippen LogP contribution is 2.19. The van der Waals surface area contributed by atoms with Gasteiger partial charge in [-0.25, -0.2) is 0 Å². The number of likely N-dealkylation sites (N-methyl/N-ethyl adjacent to an activating group) is 1. The topological polar surface area (TPSA) is 58.6 Å². The molecule has 0 unspecified atom stereocenters. The average molecular weight is 417 g/mol. The molecule has 0 saturated heterocycles. The molecule has 156 valence electrons. The Morgan fingerprint density at radius 2 is 1.66 bits per heavy atom. The normalized spacial score (nSPS) is 11.8. The van der Waals surface area contributed by atoms with Gasteiger partial charge in [0.2, 0.25) is 5.91 Å². The van der Waals surface area contributed by atoms with Crippen LogP contribution in [0.5, 0.6) is 5.75 Å². The predicted molar refractivity (Wildman–Crippen MR) is 116 cm³/mol. The Bertz CT molecular complexity index is 804. The molecule has 2 amide bonds. The van der Waals surface area contributed by atoms with E-state index in [1.54, 1.807) is 19.1 Å². The van der Waals surface area contributed by atoms with Crippen LogP contribution in [0.4, 0.5) is 0 Å². The minimum atomic E-state index is -0.620. The first-order valence-electron chi connectivity index (χ1n) is 9.86. The number of amides is 2. The Labute approximate surface area is 178 Å². The van der Waals surface area contributed by atoms with Crippen molar-refractivity contribution in [2.75, 3.05) is 13.2 Å². The van der Waals surface area contributed by atoms with Crippen LogP contribution >= 0.6 is 11.6 Å². The zero-order chi connectivity index (χ0) is 21.4. The third kappa shape index (κ3) is 6.79. The molecule has 2 aromatic rings. The Morgan fingerprint density at radius 3 is 2.21 bits per heavy atom. The molecule has 1 N–H and O–H groups in total. The fourth-order valence-electron chi connectivity index (χ4n) is 2.87. The van der Waals surface area contributed by atoms with Crippen molar-refractivity contribution in [3.63, 3.8) is 0 Å². The van der Waals surface area contributed by atoms with E-state index < -0.39 is 6.04 Å². The highest BCUT2D eigenvalue weighted by molar-refractivity contribution is 6.30. The molecule has 0 aliphatic heterocycles. The van der Waals surface area contributed by atoms with Gasteiger partial charge in [0.15, 0.2) is 6.61 Å². The molecule has 0 radical (unpaired) electrons. The lowest BCUT2D eigenvalue weighted by molar-refractivity contribution is -0.142. The van der Waals surface area contributed by atoms with E-state index in [9.17, 15) is 9.59 Å². The number of rotatable bonds is 9. The minimum Gasteiger partial charge on any atom is -0.484 e. The van der Waals surface area contributed by atoms with Gasteiger partial charge in [-0.15, -0.1) is 0 Å². The van der Waals surface area contributed by atoms with Crippen molar-refractivity contribution < 1.29 is 14.3 Å². The second-order valence-corrected chi connectivity index (χ2v) is 7.67. The van der Waals surface area contributed by atoms with E-state index in [0.29, 0.717) is 29.8 Å². The van der Waals surface area contributed by atoms with Crippen LogP contribution in [0.3, 0.4) is 0 Å². The van der Waals surface area contributed by atoms with Crippen LogP contribution in [0.15, 0.2) is 48.5 Å². The van der Waals surface area contributed by atoms with Crippen molar-refractivity contribution in [3.05, 3.63) is 64.7 Å². The standard InChI is InChI=1S/C23H29ClN2O3/c1-5-25-23(28)17(4)26(14-18-6-10-20(24)11-7-18)22(27)15-29-21-12-8-19(9-13-21)16(2)3/h6-13,16-17H,5,14-15H2,1-4H3,(H,25,28)/t17-/m0/s1. The second-order valence-electron chi connectivity index (χ2n) is 7.23. The summed E-state index contributed by atoms with van der Waals surface area (Å²) < 4.78 is 5.69. The molecular weight excluding hydrogens is 388 g/mol. The van der Waals surface area contributed by atoms with E-state index >= 15 is 0 Å². The summed E-state index contributed by atoms with van der Waals surface area (Å²) in [4.78, 5) is 26.8. The summed E-state index contributed by atoms with van der Waals surface area (Å²) in [6, 6.07) is 14.3. The van der Waals surface area contributed by atoms with Crippen molar-refractivity contribution in [3.8, 4) is 5.75 Å². The first kappa shape index (κ1) is 22.8. The molecule has 0 aromatic heterocycles. The predicted octanol–water partition coefficient (Wildman–Crippen LogP) is 4.40. The Morgan fingerprint density at radius 1 is 1.03 bits per heavy atom. The lowest BCUT2D eigenvalue weighted by atomic mass is 10.0. The van der Waals surface area contributed by atoms with Crippen LogP contribution < -0.4 is 10.1 Å². The van der Waals surface area contributed by atoms with Crippen molar-refractivity contribution in [2.45, 2.75) is 46.2 Å². The molecule has 0 spiro atoms. The molecule has 2 rings (SSSR count). The Balaban J connectivity index is 2.10.